The lowest BCUT2D eigenvalue weighted by molar-refractivity contribution is -0.135. The van der Waals surface area contributed by atoms with E-state index in [1.807, 2.05) is 13.8 Å². The maximum Gasteiger partial charge on any atom is 0.398 e. The van der Waals surface area contributed by atoms with E-state index < -0.39 is 17.7 Å². The Labute approximate surface area is 155 Å². The van der Waals surface area contributed by atoms with Gasteiger partial charge in [0.25, 0.3) is 0 Å². The molecule has 3 nitrogen and oxygen atoms in total. The highest BCUT2D eigenvalue weighted by molar-refractivity contribution is 7.99. The van der Waals surface area contributed by atoms with Crippen LogP contribution in [0.2, 0.25) is 0 Å². The molecule has 0 radical (unpaired) electrons. The fraction of sp³-hybridized carbons (Fsp3) is 0.611. The van der Waals surface area contributed by atoms with Gasteiger partial charge in [0.05, 0.1) is 11.4 Å². The Hall–Kier alpha value is -1.44. The molecule has 0 aliphatic carbocycles. The number of alkyl halides is 3. The molecule has 1 aliphatic heterocycles. The van der Waals surface area contributed by atoms with Gasteiger partial charge in [0, 0.05) is 37.0 Å². The molecular weight excluding hydrogens is 368 g/mol. The first kappa shape index (κ1) is 20.9. The van der Waals surface area contributed by atoms with Gasteiger partial charge in [0.1, 0.15) is 5.82 Å². The summed E-state index contributed by atoms with van der Waals surface area (Å²) in [4.78, 5) is 16.2. The Bertz CT molecular complexity index is 643. The minimum atomic E-state index is -4.27. The van der Waals surface area contributed by atoms with E-state index in [4.69, 9.17) is 0 Å². The number of nitrogens with zero attached hydrogens (tertiary/aromatic N) is 2. The molecule has 1 unspecified atom stereocenters. The average molecular weight is 392 g/mol. The minimum absolute atomic E-state index is 0.0389. The van der Waals surface area contributed by atoms with E-state index in [1.54, 1.807) is 16.7 Å². The van der Waals surface area contributed by atoms with Crippen molar-refractivity contribution in [2.24, 2.45) is 5.92 Å². The van der Waals surface area contributed by atoms with Crippen LogP contribution in [0.1, 0.15) is 25.8 Å². The Morgan fingerprint density at radius 2 is 1.85 bits per heavy atom. The molecule has 1 aromatic carbocycles. The number of aryl methyl sites for hydroxylation is 1. The Kier molecular flexibility index (Phi) is 6.82. The number of hydrogen-bond donors (Lipinski definition) is 0. The summed E-state index contributed by atoms with van der Waals surface area (Å²) in [5.41, 5.74) is 0.794. The van der Waals surface area contributed by atoms with Crippen LogP contribution in [0.4, 0.5) is 23.2 Å². The van der Waals surface area contributed by atoms with E-state index in [2.05, 4.69) is 0 Å². The van der Waals surface area contributed by atoms with Crippen LogP contribution in [0.15, 0.2) is 17.0 Å². The summed E-state index contributed by atoms with van der Waals surface area (Å²) in [6.07, 6.45) is -3.50. The van der Waals surface area contributed by atoms with Gasteiger partial charge in [-0.2, -0.15) is 13.2 Å². The maximum absolute atomic E-state index is 14.4. The molecule has 0 aromatic heterocycles. The second-order valence-corrected chi connectivity index (χ2v) is 7.61. The summed E-state index contributed by atoms with van der Waals surface area (Å²) in [6, 6.07) is 2.78. The molecule has 0 spiro atoms. The van der Waals surface area contributed by atoms with Crippen LogP contribution in [-0.4, -0.2) is 48.9 Å². The molecule has 1 amide bonds. The van der Waals surface area contributed by atoms with Crippen LogP contribution in [0.5, 0.6) is 0 Å². The topological polar surface area (TPSA) is 23.6 Å². The first-order valence-corrected chi connectivity index (χ1v) is 9.64. The largest absolute Gasteiger partial charge is 0.398 e. The highest BCUT2D eigenvalue weighted by Gasteiger charge is 2.29. The summed E-state index contributed by atoms with van der Waals surface area (Å²) >= 11 is 0.670. The molecular formula is C18H24F4N2OS. The summed E-state index contributed by atoms with van der Waals surface area (Å²) in [5, 5.41) is 0. The number of carbonyl (C=O) groups is 1. The molecule has 8 heteroatoms. The summed E-state index contributed by atoms with van der Waals surface area (Å²) < 4.78 is 51.8. The number of carbonyl (C=O) groups excluding carboxylic acids is 1. The lowest BCUT2D eigenvalue weighted by atomic mass is 10.1. The van der Waals surface area contributed by atoms with Gasteiger partial charge in [-0.1, -0.05) is 13.8 Å². The lowest BCUT2D eigenvalue weighted by Gasteiger charge is -2.37. The maximum atomic E-state index is 14.4. The molecule has 0 bridgehead atoms. The van der Waals surface area contributed by atoms with Gasteiger partial charge in [0.2, 0.25) is 5.91 Å². The van der Waals surface area contributed by atoms with Crippen molar-refractivity contribution in [3.63, 3.8) is 0 Å². The summed E-state index contributed by atoms with van der Waals surface area (Å²) in [5.74, 6) is -1.39. The van der Waals surface area contributed by atoms with E-state index in [-0.39, 0.29) is 11.8 Å². The van der Waals surface area contributed by atoms with Crippen molar-refractivity contribution in [2.45, 2.75) is 38.3 Å². The number of piperazine rings is 1. The SMILES string of the molecule is CCC(C)C(=O)N1CCN(c2cc(SCC(F)(F)F)c(C)cc2F)CC1. The van der Waals surface area contributed by atoms with Gasteiger partial charge in [-0.05, 0) is 31.0 Å². The van der Waals surface area contributed by atoms with Gasteiger partial charge in [-0.3, -0.25) is 4.79 Å². The highest BCUT2D eigenvalue weighted by Crippen LogP contribution is 2.34. The zero-order valence-corrected chi connectivity index (χ0v) is 16.0. The molecule has 1 aromatic rings. The molecule has 1 aliphatic rings. The predicted molar refractivity (Wildman–Crippen MR) is 96.2 cm³/mol. The zero-order chi connectivity index (χ0) is 19.5. The van der Waals surface area contributed by atoms with Crippen LogP contribution in [-0.2, 0) is 4.79 Å². The van der Waals surface area contributed by atoms with Gasteiger partial charge < -0.3 is 9.80 Å². The van der Waals surface area contributed by atoms with Crippen molar-refractivity contribution in [1.82, 2.24) is 4.90 Å². The van der Waals surface area contributed by atoms with Crippen molar-refractivity contribution in [2.75, 3.05) is 36.8 Å². The molecule has 1 atom stereocenters. The van der Waals surface area contributed by atoms with Crippen LogP contribution >= 0.6 is 11.8 Å². The lowest BCUT2D eigenvalue weighted by Crippen LogP contribution is -2.50. The predicted octanol–water partition coefficient (Wildman–Crippen LogP) is 4.48. The molecule has 1 fully saturated rings. The first-order valence-electron chi connectivity index (χ1n) is 8.65. The van der Waals surface area contributed by atoms with Gasteiger partial charge in [-0.25, -0.2) is 4.39 Å². The summed E-state index contributed by atoms with van der Waals surface area (Å²) in [7, 11) is 0. The monoisotopic (exact) mass is 392 g/mol. The molecule has 146 valence electrons. The fourth-order valence-corrected chi connectivity index (χ4v) is 3.65. The number of rotatable bonds is 5. The molecule has 0 N–H and O–H groups in total. The first-order chi connectivity index (χ1) is 12.1. The molecule has 1 heterocycles. The second kappa shape index (κ2) is 8.50. The van der Waals surface area contributed by atoms with Crippen LogP contribution in [0, 0.1) is 18.7 Å². The third-order valence-electron chi connectivity index (χ3n) is 4.60. The van der Waals surface area contributed by atoms with Crippen molar-refractivity contribution in [3.05, 3.63) is 23.5 Å². The Morgan fingerprint density at radius 1 is 1.23 bits per heavy atom. The second-order valence-electron chi connectivity index (χ2n) is 6.59. The van der Waals surface area contributed by atoms with Crippen LogP contribution in [0.25, 0.3) is 0 Å². The van der Waals surface area contributed by atoms with Crippen molar-refractivity contribution >= 4 is 23.4 Å². The molecule has 26 heavy (non-hydrogen) atoms. The van der Waals surface area contributed by atoms with E-state index in [0.717, 1.165) is 6.42 Å². The number of amides is 1. The standard InChI is InChI=1S/C18H24F4N2OS/c1-4-12(2)17(25)24-7-5-23(6-8-24)15-10-16(13(3)9-14(15)19)26-11-18(20,21)22/h9-10,12H,4-8,11H2,1-3H3. The van der Waals surface area contributed by atoms with Gasteiger partial charge in [0.15, 0.2) is 0 Å². The third kappa shape index (κ3) is 5.28. The normalized spacial score (nSPS) is 16.7. The fourth-order valence-electron chi connectivity index (χ4n) is 2.85. The zero-order valence-electron chi connectivity index (χ0n) is 15.2. The van der Waals surface area contributed by atoms with Crippen LogP contribution in [0.3, 0.4) is 0 Å². The molecule has 2 rings (SSSR count). The quantitative estimate of drug-likeness (QED) is 0.545. The van der Waals surface area contributed by atoms with Crippen molar-refractivity contribution in [3.8, 4) is 0 Å². The third-order valence-corrected chi connectivity index (χ3v) is 5.82. The molecule has 1 saturated heterocycles. The van der Waals surface area contributed by atoms with E-state index in [1.165, 1.54) is 12.1 Å². The minimum Gasteiger partial charge on any atom is -0.366 e. The van der Waals surface area contributed by atoms with Crippen molar-refractivity contribution < 1.29 is 22.4 Å². The van der Waals surface area contributed by atoms with E-state index >= 15 is 0 Å². The number of hydrogen-bond acceptors (Lipinski definition) is 3. The smallest absolute Gasteiger partial charge is 0.366 e. The highest BCUT2D eigenvalue weighted by atomic mass is 32.2. The number of halogens is 4. The number of thioether (sulfide) groups is 1. The van der Waals surface area contributed by atoms with E-state index in [9.17, 15) is 22.4 Å². The van der Waals surface area contributed by atoms with E-state index in [0.29, 0.717) is 54.1 Å². The van der Waals surface area contributed by atoms with Crippen molar-refractivity contribution in [1.29, 1.82) is 0 Å². The number of benzene rings is 1. The Morgan fingerprint density at radius 3 is 2.38 bits per heavy atom. The average Bonchev–Trinajstić information content (AvgIpc) is 2.59. The van der Waals surface area contributed by atoms with Gasteiger partial charge in [-0.15, -0.1) is 11.8 Å². The van der Waals surface area contributed by atoms with Gasteiger partial charge >= 0.3 is 6.18 Å². The molecule has 0 saturated carbocycles. The van der Waals surface area contributed by atoms with Crippen LogP contribution < -0.4 is 4.90 Å². The Balaban J connectivity index is 2.08. The summed E-state index contributed by atoms with van der Waals surface area (Å²) in [6.45, 7) is 7.35. The number of anilines is 1.